The summed E-state index contributed by atoms with van der Waals surface area (Å²) in [6, 6.07) is 14.5. The van der Waals surface area contributed by atoms with Gasteiger partial charge in [0.05, 0.1) is 0 Å². The minimum Gasteiger partial charge on any atom is -0.326 e. The van der Waals surface area contributed by atoms with Gasteiger partial charge in [0.1, 0.15) is 0 Å². The minimum absolute atomic E-state index is 0.152. The average Bonchev–Trinajstić information content (AvgIpc) is 2.58. The Bertz CT molecular complexity index is 783. The Kier molecular flexibility index (Phi) is 6.49. The van der Waals surface area contributed by atoms with Crippen molar-refractivity contribution in [3.05, 3.63) is 54.1 Å². The highest BCUT2D eigenvalue weighted by atomic mass is 16.2. The van der Waals surface area contributed by atoms with Crippen LogP contribution >= 0.6 is 0 Å². The van der Waals surface area contributed by atoms with Crippen LogP contribution in [-0.4, -0.2) is 24.3 Å². The number of benzene rings is 2. The standard InChI is InChI=1S/C20H23N3O3/c1-14-4-6-18(7-5-14)22-20(26)12-13-23(16(3)25)19-10-8-17(9-11-19)21-15(2)24/h4-11H,12-13H2,1-3H3,(H,21,24)(H,22,26). The number of carbonyl (C=O) groups is 3. The molecule has 3 amide bonds. The molecule has 0 atom stereocenters. The van der Waals surface area contributed by atoms with Gasteiger partial charge in [0.2, 0.25) is 17.7 Å². The van der Waals surface area contributed by atoms with Crippen molar-refractivity contribution in [1.82, 2.24) is 0 Å². The van der Waals surface area contributed by atoms with E-state index in [4.69, 9.17) is 0 Å². The molecule has 6 heteroatoms. The van der Waals surface area contributed by atoms with Crippen LogP contribution in [0, 0.1) is 6.92 Å². The normalized spacial score (nSPS) is 10.1. The summed E-state index contributed by atoms with van der Waals surface area (Å²) in [5.41, 5.74) is 3.18. The summed E-state index contributed by atoms with van der Waals surface area (Å²) in [6.07, 6.45) is 0.181. The van der Waals surface area contributed by atoms with Crippen molar-refractivity contribution in [1.29, 1.82) is 0 Å². The summed E-state index contributed by atoms with van der Waals surface area (Å²) in [5.74, 6) is -0.468. The zero-order valence-corrected chi connectivity index (χ0v) is 15.2. The van der Waals surface area contributed by atoms with E-state index in [-0.39, 0.29) is 30.7 Å². The molecule has 0 aromatic heterocycles. The van der Waals surface area contributed by atoms with Gasteiger partial charge in [-0.1, -0.05) is 17.7 Å². The van der Waals surface area contributed by atoms with Crippen molar-refractivity contribution < 1.29 is 14.4 Å². The van der Waals surface area contributed by atoms with Gasteiger partial charge in [0.25, 0.3) is 0 Å². The molecule has 2 aromatic rings. The predicted octanol–water partition coefficient (Wildman–Crippen LogP) is 3.34. The molecule has 0 heterocycles. The number of amides is 3. The van der Waals surface area contributed by atoms with E-state index in [0.717, 1.165) is 11.3 Å². The van der Waals surface area contributed by atoms with E-state index >= 15 is 0 Å². The van der Waals surface area contributed by atoms with Gasteiger partial charge in [-0.05, 0) is 43.3 Å². The SMILES string of the molecule is CC(=O)Nc1ccc(N(CCC(=O)Nc2ccc(C)cc2)C(C)=O)cc1. The number of nitrogens with zero attached hydrogens (tertiary/aromatic N) is 1. The first-order valence-corrected chi connectivity index (χ1v) is 8.37. The van der Waals surface area contributed by atoms with E-state index in [9.17, 15) is 14.4 Å². The summed E-state index contributed by atoms with van der Waals surface area (Å²) in [6.45, 7) is 5.14. The Morgan fingerprint density at radius 1 is 0.846 bits per heavy atom. The molecule has 136 valence electrons. The quantitative estimate of drug-likeness (QED) is 0.836. The second-order valence-electron chi connectivity index (χ2n) is 6.06. The van der Waals surface area contributed by atoms with Gasteiger partial charge in [-0.2, -0.15) is 0 Å². The lowest BCUT2D eigenvalue weighted by atomic mass is 10.2. The van der Waals surface area contributed by atoms with Crippen LogP contribution in [0.25, 0.3) is 0 Å². The Morgan fingerprint density at radius 3 is 1.92 bits per heavy atom. The Hall–Kier alpha value is -3.15. The van der Waals surface area contributed by atoms with Crippen molar-refractivity contribution in [3.63, 3.8) is 0 Å². The van der Waals surface area contributed by atoms with Crippen LogP contribution in [0.1, 0.15) is 25.8 Å². The first-order chi connectivity index (χ1) is 12.3. The molecule has 2 rings (SSSR count). The first-order valence-electron chi connectivity index (χ1n) is 8.37. The van der Waals surface area contributed by atoms with Gasteiger partial charge in [0, 0.05) is 43.9 Å². The van der Waals surface area contributed by atoms with E-state index in [1.807, 2.05) is 31.2 Å². The third kappa shape index (κ3) is 5.73. The largest absolute Gasteiger partial charge is 0.326 e. The Labute approximate surface area is 153 Å². The lowest BCUT2D eigenvalue weighted by molar-refractivity contribution is -0.117. The predicted molar refractivity (Wildman–Crippen MR) is 103 cm³/mol. The monoisotopic (exact) mass is 353 g/mol. The summed E-state index contributed by atoms with van der Waals surface area (Å²) in [4.78, 5) is 36.7. The summed E-state index contributed by atoms with van der Waals surface area (Å²) in [5, 5.41) is 5.50. The maximum absolute atomic E-state index is 12.1. The lowest BCUT2D eigenvalue weighted by Gasteiger charge is -2.21. The Morgan fingerprint density at radius 2 is 1.38 bits per heavy atom. The van der Waals surface area contributed by atoms with Crippen LogP contribution in [0.2, 0.25) is 0 Å². The van der Waals surface area contributed by atoms with Crippen LogP contribution in [0.3, 0.4) is 0 Å². The van der Waals surface area contributed by atoms with Crippen molar-refractivity contribution in [3.8, 4) is 0 Å². The number of nitrogens with one attached hydrogen (secondary N) is 2. The molecule has 26 heavy (non-hydrogen) atoms. The summed E-state index contributed by atoms with van der Waals surface area (Å²) < 4.78 is 0. The van der Waals surface area contributed by atoms with Gasteiger partial charge in [-0.15, -0.1) is 0 Å². The molecule has 0 aliphatic rings. The highest BCUT2D eigenvalue weighted by Gasteiger charge is 2.13. The van der Waals surface area contributed by atoms with Crippen LogP contribution < -0.4 is 15.5 Å². The third-order valence-corrected chi connectivity index (χ3v) is 3.78. The number of hydrogen-bond acceptors (Lipinski definition) is 3. The zero-order chi connectivity index (χ0) is 19.1. The zero-order valence-electron chi connectivity index (χ0n) is 15.2. The van der Waals surface area contributed by atoms with Crippen molar-refractivity contribution in [2.75, 3.05) is 22.1 Å². The number of anilines is 3. The molecule has 0 aliphatic carbocycles. The highest BCUT2D eigenvalue weighted by molar-refractivity contribution is 5.95. The average molecular weight is 353 g/mol. The van der Waals surface area contributed by atoms with E-state index in [0.29, 0.717) is 11.4 Å². The fourth-order valence-electron chi connectivity index (χ4n) is 2.47. The molecule has 0 bridgehead atoms. The molecule has 0 spiro atoms. The van der Waals surface area contributed by atoms with Crippen LogP contribution in [0.5, 0.6) is 0 Å². The maximum Gasteiger partial charge on any atom is 0.226 e. The van der Waals surface area contributed by atoms with Crippen LogP contribution in [-0.2, 0) is 14.4 Å². The van der Waals surface area contributed by atoms with E-state index in [1.165, 1.54) is 18.7 Å². The number of hydrogen-bond donors (Lipinski definition) is 2. The molecule has 6 nitrogen and oxygen atoms in total. The second-order valence-corrected chi connectivity index (χ2v) is 6.06. The van der Waals surface area contributed by atoms with Crippen molar-refractivity contribution >= 4 is 34.8 Å². The Balaban J connectivity index is 1.97. The van der Waals surface area contributed by atoms with Gasteiger partial charge < -0.3 is 15.5 Å². The van der Waals surface area contributed by atoms with Crippen molar-refractivity contribution in [2.24, 2.45) is 0 Å². The topological polar surface area (TPSA) is 78.5 Å². The number of carbonyl (C=O) groups excluding carboxylic acids is 3. The molecule has 0 radical (unpaired) electrons. The summed E-state index contributed by atoms with van der Waals surface area (Å²) in [7, 11) is 0. The molecule has 2 aromatic carbocycles. The van der Waals surface area contributed by atoms with Gasteiger partial charge in [-0.3, -0.25) is 14.4 Å². The minimum atomic E-state index is -0.158. The fraction of sp³-hybridized carbons (Fsp3) is 0.250. The maximum atomic E-state index is 12.1. The van der Waals surface area contributed by atoms with Crippen LogP contribution in [0.4, 0.5) is 17.1 Å². The molecular formula is C20H23N3O3. The molecular weight excluding hydrogens is 330 g/mol. The molecule has 2 N–H and O–H groups in total. The third-order valence-electron chi connectivity index (χ3n) is 3.78. The van der Waals surface area contributed by atoms with E-state index < -0.39 is 0 Å². The lowest BCUT2D eigenvalue weighted by Crippen LogP contribution is -2.31. The molecule has 0 unspecified atom stereocenters. The van der Waals surface area contributed by atoms with Crippen LogP contribution in [0.15, 0.2) is 48.5 Å². The van der Waals surface area contributed by atoms with E-state index in [2.05, 4.69) is 10.6 Å². The molecule has 0 saturated carbocycles. The smallest absolute Gasteiger partial charge is 0.226 e. The second kappa shape index (κ2) is 8.80. The number of rotatable bonds is 6. The van der Waals surface area contributed by atoms with Crippen molar-refractivity contribution in [2.45, 2.75) is 27.2 Å². The summed E-state index contributed by atoms with van der Waals surface area (Å²) >= 11 is 0. The first kappa shape index (κ1) is 19.2. The number of aryl methyl sites for hydroxylation is 1. The highest BCUT2D eigenvalue weighted by Crippen LogP contribution is 2.19. The van der Waals surface area contributed by atoms with Gasteiger partial charge >= 0.3 is 0 Å². The molecule has 0 saturated heterocycles. The van der Waals surface area contributed by atoms with E-state index in [1.54, 1.807) is 24.3 Å². The van der Waals surface area contributed by atoms with Gasteiger partial charge in [-0.25, -0.2) is 0 Å². The molecule has 0 aliphatic heterocycles. The fourth-order valence-corrected chi connectivity index (χ4v) is 2.47. The molecule has 0 fully saturated rings. The van der Waals surface area contributed by atoms with Gasteiger partial charge in [0.15, 0.2) is 0 Å².